The third-order valence-corrected chi connectivity index (χ3v) is 4.51. The van der Waals surface area contributed by atoms with Crippen LogP contribution in [0.5, 0.6) is 0 Å². The van der Waals surface area contributed by atoms with E-state index in [1.165, 1.54) is 13.3 Å². The molecule has 0 unspecified atom stereocenters. The number of hydrogen-bond donors (Lipinski definition) is 0. The van der Waals surface area contributed by atoms with Crippen molar-refractivity contribution >= 4 is 45.2 Å². The van der Waals surface area contributed by atoms with E-state index in [1.807, 2.05) is 28.8 Å². The Hall–Kier alpha value is -3.43. The molecule has 0 atom stereocenters. The quantitative estimate of drug-likeness (QED) is 0.386. The molecule has 0 saturated carbocycles. The van der Waals surface area contributed by atoms with Gasteiger partial charge in [-0.05, 0) is 29.8 Å². The van der Waals surface area contributed by atoms with Crippen LogP contribution in [0.2, 0.25) is 5.02 Å². The molecule has 0 bridgehead atoms. The number of aromatic nitrogens is 3. The van der Waals surface area contributed by atoms with Gasteiger partial charge in [0.2, 0.25) is 5.69 Å². The Morgan fingerprint density at radius 2 is 2.11 bits per heavy atom. The molecule has 0 aliphatic carbocycles. The summed E-state index contributed by atoms with van der Waals surface area (Å²) in [4.78, 5) is 24.2. The predicted octanol–water partition coefficient (Wildman–Crippen LogP) is 4.62. The van der Waals surface area contributed by atoms with Gasteiger partial charge in [-0.3, -0.25) is 4.98 Å². The van der Waals surface area contributed by atoms with Gasteiger partial charge in [-0.25, -0.2) is 14.6 Å². The SMILES string of the molecule is [C-]#[N+]c1cnc2c(c1)c(C(=O)OC)cn2Cc1ccc2ncc(Cl)cc2c1. The Bertz CT molecular complexity index is 1240. The van der Waals surface area contributed by atoms with Gasteiger partial charge in [0.25, 0.3) is 0 Å². The molecule has 3 heterocycles. The average molecular weight is 377 g/mol. The van der Waals surface area contributed by atoms with Crippen LogP contribution >= 0.6 is 11.6 Å². The zero-order chi connectivity index (χ0) is 19.0. The third kappa shape index (κ3) is 3.09. The highest BCUT2D eigenvalue weighted by atomic mass is 35.5. The largest absolute Gasteiger partial charge is 0.465 e. The number of esters is 1. The molecular formula is C20H13ClN4O2. The summed E-state index contributed by atoms with van der Waals surface area (Å²) < 4.78 is 6.74. The third-order valence-electron chi connectivity index (χ3n) is 4.30. The van der Waals surface area contributed by atoms with E-state index in [2.05, 4.69) is 14.8 Å². The maximum absolute atomic E-state index is 12.1. The van der Waals surface area contributed by atoms with Gasteiger partial charge in [0, 0.05) is 35.9 Å². The minimum atomic E-state index is -0.461. The van der Waals surface area contributed by atoms with Gasteiger partial charge in [-0.15, -0.1) is 0 Å². The lowest BCUT2D eigenvalue weighted by atomic mass is 10.1. The molecule has 0 radical (unpaired) electrons. The highest BCUT2D eigenvalue weighted by Gasteiger charge is 2.17. The fourth-order valence-corrected chi connectivity index (χ4v) is 3.23. The van der Waals surface area contributed by atoms with E-state index >= 15 is 0 Å². The van der Waals surface area contributed by atoms with Crippen molar-refractivity contribution < 1.29 is 9.53 Å². The number of fused-ring (bicyclic) bond motifs is 2. The average Bonchev–Trinajstić information content (AvgIpc) is 3.04. The number of hydrogen-bond acceptors (Lipinski definition) is 4. The molecule has 0 saturated heterocycles. The number of methoxy groups -OCH3 is 1. The molecule has 0 aliphatic heterocycles. The lowest BCUT2D eigenvalue weighted by Crippen LogP contribution is -2.01. The summed E-state index contributed by atoms with van der Waals surface area (Å²) in [6.45, 7) is 7.67. The highest BCUT2D eigenvalue weighted by molar-refractivity contribution is 6.31. The van der Waals surface area contributed by atoms with E-state index in [0.29, 0.717) is 33.9 Å². The molecule has 3 aromatic heterocycles. The standard InChI is InChI=1S/C20H13ClN4O2/c1-22-15-7-16-17(20(26)27-2)11-25(19(16)24-9-15)10-12-3-4-18-13(5-12)6-14(21)8-23-18/h3-9,11H,10H2,2H3. The van der Waals surface area contributed by atoms with Gasteiger partial charge >= 0.3 is 5.97 Å². The van der Waals surface area contributed by atoms with Crippen LogP contribution < -0.4 is 0 Å². The van der Waals surface area contributed by atoms with Crippen LogP contribution in [0.1, 0.15) is 15.9 Å². The van der Waals surface area contributed by atoms with Gasteiger partial charge in [-0.2, -0.15) is 0 Å². The number of carbonyl (C=O) groups is 1. The summed E-state index contributed by atoms with van der Waals surface area (Å²) >= 11 is 6.04. The zero-order valence-corrected chi connectivity index (χ0v) is 15.1. The number of benzene rings is 1. The Morgan fingerprint density at radius 3 is 2.89 bits per heavy atom. The van der Waals surface area contributed by atoms with Crippen molar-refractivity contribution in [1.82, 2.24) is 14.5 Å². The summed E-state index contributed by atoms with van der Waals surface area (Å²) in [5.41, 5.74) is 3.24. The van der Waals surface area contributed by atoms with E-state index < -0.39 is 5.97 Å². The normalized spacial score (nSPS) is 10.9. The summed E-state index contributed by atoms with van der Waals surface area (Å²) in [7, 11) is 1.33. The molecule has 7 heteroatoms. The highest BCUT2D eigenvalue weighted by Crippen LogP contribution is 2.26. The first-order chi connectivity index (χ1) is 13.1. The van der Waals surface area contributed by atoms with Crippen LogP contribution in [0.4, 0.5) is 5.69 Å². The summed E-state index contributed by atoms with van der Waals surface area (Å²) in [6, 6.07) is 9.42. The van der Waals surface area contributed by atoms with Gasteiger partial charge in [0.1, 0.15) is 5.65 Å². The molecule has 6 nitrogen and oxygen atoms in total. The number of carbonyl (C=O) groups excluding carboxylic acids is 1. The fraction of sp³-hybridized carbons (Fsp3) is 0.100. The Kier molecular flexibility index (Phi) is 4.22. The Balaban J connectivity index is 1.82. The number of halogens is 1. The lowest BCUT2D eigenvalue weighted by Gasteiger charge is -2.07. The molecule has 0 spiro atoms. The second-order valence-electron chi connectivity index (χ2n) is 6.02. The van der Waals surface area contributed by atoms with Crippen molar-refractivity contribution in [3.63, 3.8) is 0 Å². The molecular weight excluding hydrogens is 364 g/mol. The summed E-state index contributed by atoms with van der Waals surface area (Å²) in [6.07, 6.45) is 4.82. The van der Waals surface area contributed by atoms with Crippen molar-refractivity contribution in [2.45, 2.75) is 6.54 Å². The molecule has 132 valence electrons. The Morgan fingerprint density at radius 1 is 1.26 bits per heavy atom. The molecule has 4 rings (SSSR count). The zero-order valence-electron chi connectivity index (χ0n) is 14.3. The maximum atomic E-state index is 12.1. The molecule has 0 N–H and O–H groups in total. The number of pyridine rings is 2. The van der Waals surface area contributed by atoms with Crippen LogP contribution in [0, 0.1) is 6.57 Å². The number of rotatable bonds is 3. The second-order valence-corrected chi connectivity index (χ2v) is 6.46. The van der Waals surface area contributed by atoms with E-state index in [0.717, 1.165) is 16.5 Å². The fourth-order valence-electron chi connectivity index (χ4n) is 3.06. The van der Waals surface area contributed by atoms with Gasteiger partial charge < -0.3 is 9.30 Å². The van der Waals surface area contributed by atoms with Gasteiger partial charge in [0.15, 0.2) is 0 Å². The van der Waals surface area contributed by atoms with Crippen LogP contribution in [0.3, 0.4) is 0 Å². The van der Waals surface area contributed by atoms with Crippen LogP contribution in [0.15, 0.2) is 48.9 Å². The Labute approximate surface area is 159 Å². The van der Waals surface area contributed by atoms with Crippen molar-refractivity contribution in [3.05, 3.63) is 76.5 Å². The summed E-state index contributed by atoms with van der Waals surface area (Å²) in [5.74, 6) is -0.461. The topological polar surface area (TPSA) is 61.4 Å². The monoisotopic (exact) mass is 376 g/mol. The van der Waals surface area contributed by atoms with Crippen LogP contribution in [-0.4, -0.2) is 27.6 Å². The first-order valence-corrected chi connectivity index (χ1v) is 8.45. The summed E-state index contributed by atoms with van der Waals surface area (Å²) in [5, 5.41) is 2.11. The van der Waals surface area contributed by atoms with E-state index in [-0.39, 0.29) is 0 Å². The van der Waals surface area contributed by atoms with E-state index in [4.69, 9.17) is 22.9 Å². The lowest BCUT2D eigenvalue weighted by molar-refractivity contribution is 0.0602. The molecule has 0 fully saturated rings. The number of ether oxygens (including phenoxy) is 1. The molecule has 0 aliphatic rings. The molecule has 1 aromatic carbocycles. The van der Waals surface area contributed by atoms with Crippen molar-refractivity contribution in [1.29, 1.82) is 0 Å². The van der Waals surface area contributed by atoms with Gasteiger partial charge in [-0.1, -0.05) is 17.7 Å². The number of nitrogens with zero attached hydrogens (tertiary/aromatic N) is 4. The van der Waals surface area contributed by atoms with E-state index in [9.17, 15) is 4.79 Å². The minimum absolute atomic E-state index is 0.372. The second kappa shape index (κ2) is 6.71. The van der Waals surface area contributed by atoms with Crippen molar-refractivity contribution in [3.8, 4) is 0 Å². The predicted molar refractivity (Wildman–Crippen MR) is 103 cm³/mol. The van der Waals surface area contributed by atoms with E-state index in [1.54, 1.807) is 18.5 Å². The van der Waals surface area contributed by atoms with Gasteiger partial charge in [0.05, 0.1) is 29.8 Å². The maximum Gasteiger partial charge on any atom is 0.340 e. The first-order valence-electron chi connectivity index (χ1n) is 8.08. The van der Waals surface area contributed by atoms with Crippen LogP contribution in [0.25, 0.3) is 26.8 Å². The van der Waals surface area contributed by atoms with Crippen LogP contribution in [-0.2, 0) is 11.3 Å². The molecule has 27 heavy (non-hydrogen) atoms. The smallest absolute Gasteiger partial charge is 0.340 e. The molecule has 0 amide bonds. The minimum Gasteiger partial charge on any atom is -0.465 e. The molecule has 4 aromatic rings. The first kappa shape index (κ1) is 17.0. The van der Waals surface area contributed by atoms with Crippen molar-refractivity contribution in [2.24, 2.45) is 0 Å². The van der Waals surface area contributed by atoms with Crippen molar-refractivity contribution in [2.75, 3.05) is 7.11 Å².